The van der Waals surface area contributed by atoms with Crippen molar-refractivity contribution in [2.75, 3.05) is 11.1 Å². The van der Waals surface area contributed by atoms with Crippen molar-refractivity contribution in [1.82, 2.24) is 10.1 Å². The van der Waals surface area contributed by atoms with Crippen LogP contribution in [-0.4, -0.2) is 30.2 Å². The Bertz CT molecular complexity index is 1080. The highest BCUT2D eigenvalue weighted by molar-refractivity contribution is 7.91. The van der Waals surface area contributed by atoms with E-state index in [1.54, 1.807) is 6.07 Å². The molecule has 1 amide bonds. The number of hydrogen-bond acceptors (Lipinski definition) is 6. The van der Waals surface area contributed by atoms with Gasteiger partial charge in [0, 0.05) is 5.56 Å². The Balaban J connectivity index is 1.66. The zero-order valence-electron chi connectivity index (χ0n) is 14.3. The summed E-state index contributed by atoms with van der Waals surface area (Å²) in [5.74, 6) is -2.77. The summed E-state index contributed by atoms with van der Waals surface area (Å²) in [6.45, 7) is 1.91. The maximum absolute atomic E-state index is 13.5. The average Bonchev–Trinajstić information content (AvgIpc) is 3.04. The molecule has 9 heteroatoms. The van der Waals surface area contributed by atoms with E-state index in [1.807, 2.05) is 25.1 Å². The summed E-state index contributed by atoms with van der Waals surface area (Å²) in [6, 6.07) is 12.8. The topological polar surface area (TPSA) is 102 Å². The van der Waals surface area contributed by atoms with Gasteiger partial charge >= 0.3 is 0 Å². The van der Waals surface area contributed by atoms with Crippen LogP contribution in [0.4, 0.5) is 10.1 Å². The minimum atomic E-state index is -3.87. The summed E-state index contributed by atoms with van der Waals surface area (Å²) in [6.07, 6.45) is 0. The Morgan fingerprint density at radius 1 is 1.19 bits per heavy atom. The first-order valence-corrected chi connectivity index (χ1v) is 9.79. The van der Waals surface area contributed by atoms with Gasteiger partial charge in [0.15, 0.2) is 9.84 Å². The van der Waals surface area contributed by atoms with Gasteiger partial charge in [0.1, 0.15) is 17.3 Å². The van der Waals surface area contributed by atoms with Crippen molar-refractivity contribution in [3.63, 3.8) is 0 Å². The minimum absolute atomic E-state index is 0.0859. The van der Waals surface area contributed by atoms with Crippen LogP contribution in [0.3, 0.4) is 0 Å². The lowest BCUT2D eigenvalue weighted by molar-refractivity contribution is -0.113. The van der Waals surface area contributed by atoms with E-state index in [0.717, 1.165) is 11.6 Å². The maximum Gasteiger partial charge on any atom is 0.242 e. The lowest BCUT2D eigenvalue weighted by Gasteiger charge is -2.06. The second kappa shape index (κ2) is 7.67. The number of aromatic nitrogens is 2. The van der Waals surface area contributed by atoms with E-state index in [1.165, 1.54) is 18.2 Å². The summed E-state index contributed by atoms with van der Waals surface area (Å²) in [5, 5.41) is 6.00. The predicted octanol–water partition coefficient (Wildman–Crippen LogP) is 2.74. The fraction of sp³-hybridized carbons (Fsp3) is 0.167. The van der Waals surface area contributed by atoms with Gasteiger partial charge in [-0.05, 0) is 25.1 Å². The van der Waals surface area contributed by atoms with Crippen LogP contribution in [0.15, 0.2) is 53.1 Å². The highest BCUT2D eigenvalue weighted by Gasteiger charge is 2.22. The predicted molar refractivity (Wildman–Crippen MR) is 97.0 cm³/mol. The number of para-hydroxylation sites is 1. The lowest BCUT2D eigenvalue weighted by atomic mass is 10.1. The molecule has 0 aliphatic heterocycles. The van der Waals surface area contributed by atoms with E-state index in [0.29, 0.717) is 5.56 Å². The minimum Gasteiger partial charge on any atom is -0.338 e. The van der Waals surface area contributed by atoms with Gasteiger partial charge in [-0.15, -0.1) is 0 Å². The molecule has 27 heavy (non-hydrogen) atoms. The number of halogens is 1. The molecule has 0 fully saturated rings. The smallest absolute Gasteiger partial charge is 0.242 e. The molecule has 0 bridgehead atoms. The van der Waals surface area contributed by atoms with Crippen molar-refractivity contribution in [1.29, 1.82) is 0 Å². The molecule has 0 unspecified atom stereocenters. The number of nitrogens with zero attached hydrogens (tertiary/aromatic N) is 2. The SMILES string of the molecule is Cc1cccc(-c2noc(CS(=O)(=O)CC(=O)Nc3ccccc3F)n2)c1. The number of carbonyl (C=O) groups is 1. The molecule has 1 heterocycles. The molecule has 3 aromatic rings. The number of sulfone groups is 1. The maximum atomic E-state index is 13.5. The van der Waals surface area contributed by atoms with Crippen LogP contribution in [0, 0.1) is 12.7 Å². The number of carbonyl (C=O) groups excluding carboxylic acids is 1. The summed E-state index contributed by atoms with van der Waals surface area (Å²) in [4.78, 5) is 16.0. The first-order chi connectivity index (χ1) is 12.8. The molecule has 3 rings (SSSR count). The summed E-state index contributed by atoms with van der Waals surface area (Å²) < 4.78 is 42.9. The van der Waals surface area contributed by atoms with E-state index in [-0.39, 0.29) is 17.4 Å². The summed E-state index contributed by atoms with van der Waals surface area (Å²) >= 11 is 0. The molecule has 0 atom stereocenters. The molecule has 1 aromatic heterocycles. The normalized spacial score (nSPS) is 11.3. The second-order valence-electron chi connectivity index (χ2n) is 5.94. The third kappa shape index (κ3) is 4.98. The number of rotatable bonds is 6. The molecule has 140 valence electrons. The molecule has 0 radical (unpaired) electrons. The zero-order valence-corrected chi connectivity index (χ0v) is 15.2. The van der Waals surface area contributed by atoms with Crippen LogP contribution < -0.4 is 5.32 Å². The average molecular weight is 389 g/mol. The Kier molecular flexibility index (Phi) is 5.31. The molecule has 0 saturated carbocycles. The number of amides is 1. The van der Waals surface area contributed by atoms with Crippen molar-refractivity contribution in [2.24, 2.45) is 0 Å². The van der Waals surface area contributed by atoms with Crippen LogP contribution in [0.25, 0.3) is 11.4 Å². The van der Waals surface area contributed by atoms with Gasteiger partial charge in [0.2, 0.25) is 17.6 Å². The highest BCUT2D eigenvalue weighted by atomic mass is 32.2. The van der Waals surface area contributed by atoms with Gasteiger partial charge in [-0.2, -0.15) is 4.98 Å². The van der Waals surface area contributed by atoms with Crippen molar-refractivity contribution in [3.05, 3.63) is 65.8 Å². The van der Waals surface area contributed by atoms with Crippen LogP contribution >= 0.6 is 0 Å². The first kappa shape index (κ1) is 18.7. The molecular weight excluding hydrogens is 373 g/mol. The lowest BCUT2D eigenvalue weighted by Crippen LogP contribution is -2.24. The number of anilines is 1. The monoisotopic (exact) mass is 389 g/mol. The van der Waals surface area contributed by atoms with E-state index < -0.39 is 33.1 Å². The highest BCUT2D eigenvalue weighted by Crippen LogP contribution is 2.18. The van der Waals surface area contributed by atoms with Crippen LogP contribution in [0.5, 0.6) is 0 Å². The third-order valence-corrected chi connectivity index (χ3v) is 4.98. The number of aryl methyl sites for hydroxylation is 1. The van der Waals surface area contributed by atoms with Gasteiger partial charge < -0.3 is 9.84 Å². The van der Waals surface area contributed by atoms with Crippen LogP contribution in [-0.2, 0) is 20.4 Å². The van der Waals surface area contributed by atoms with Crippen molar-refractivity contribution in [2.45, 2.75) is 12.7 Å². The van der Waals surface area contributed by atoms with Gasteiger partial charge in [0.05, 0.1) is 5.69 Å². The van der Waals surface area contributed by atoms with E-state index >= 15 is 0 Å². The fourth-order valence-electron chi connectivity index (χ4n) is 2.40. The Morgan fingerprint density at radius 2 is 1.96 bits per heavy atom. The molecule has 0 aliphatic carbocycles. The van der Waals surface area contributed by atoms with E-state index in [4.69, 9.17) is 4.52 Å². The number of benzene rings is 2. The van der Waals surface area contributed by atoms with Crippen molar-refractivity contribution < 1.29 is 22.1 Å². The van der Waals surface area contributed by atoms with E-state index in [9.17, 15) is 17.6 Å². The van der Waals surface area contributed by atoms with Crippen molar-refractivity contribution in [3.8, 4) is 11.4 Å². The standard InChI is InChI=1S/C18H16FN3O4S/c1-12-5-4-6-13(9-12)18-21-17(26-22-18)11-27(24,25)10-16(23)20-15-8-3-2-7-14(15)19/h2-9H,10-11H2,1H3,(H,20,23). The largest absolute Gasteiger partial charge is 0.338 e. The number of nitrogens with one attached hydrogen (secondary N) is 1. The molecule has 0 spiro atoms. The Hall–Kier alpha value is -3.07. The molecular formula is C18H16FN3O4S. The Labute approximate surface area is 155 Å². The molecule has 0 aliphatic rings. The van der Waals surface area contributed by atoms with Crippen molar-refractivity contribution >= 4 is 21.4 Å². The summed E-state index contributed by atoms with van der Waals surface area (Å²) in [5.41, 5.74) is 1.60. The quantitative estimate of drug-likeness (QED) is 0.695. The first-order valence-electron chi connectivity index (χ1n) is 7.97. The van der Waals surface area contributed by atoms with Gasteiger partial charge in [-0.25, -0.2) is 12.8 Å². The van der Waals surface area contributed by atoms with Crippen LogP contribution in [0.1, 0.15) is 11.5 Å². The third-order valence-electron chi connectivity index (χ3n) is 3.59. The van der Waals surface area contributed by atoms with Gasteiger partial charge in [0.25, 0.3) is 0 Å². The number of hydrogen-bond donors (Lipinski definition) is 1. The molecule has 1 N–H and O–H groups in total. The van der Waals surface area contributed by atoms with Crippen LogP contribution in [0.2, 0.25) is 0 Å². The molecule has 2 aromatic carbocycles. The zero-order chi connectivity index (χ0) is 19.4. The van der Waals surface area contributed by atoms with Gasteiger partial charge in [-0.3, -0.25) is 4.79 Å². The van der Waals surface area contributed by atoms with Gasteiger partial charge in [-0.1, -0.05) is 41.1 Å². The fourth-order valence-corrected chi connectivity index (χ4v) is 3.47. The molecule has 7 nitrogen and oxygen atoms in total. The molecule has 0 saturated heterocycles. The van der Waals surface area contributed by atoms with E-state index in [2.05, 4.69) is 15.5 Å². The summed E-state index contributed by atoms with van der Waals surface area (Å²) in [7, 11) is -3.87. The second-order valence-corrected chi connectivity index (χ2v) is 8.01. The Morgan fingerprint density at radius 3 is 2.70 bits per heavy atom.